The molecular weight excluding hydrogens is 294 g/mol. The molecular formula is C17H21N3O3. The van der Waals surface area contributed by atoms with Crippen molar-refractivity contribution in [2.75, 3.05) is 18.5 Å². The summed E-state index contributed by atoms with van der Waals surface area (Å²) in [6.07, 6.45) is 4.08. The molecule has 0 aliphatic carbocycles. The lowest BCUT2D eigenvalue weighted by Crippen LogP contribution is -2.34. The lowest BCUT2D eigenvalue weighted by Gasteiger charge is -2.12. The van der Waals surface area contributed by atoms with Gasteiger partial charge in [0.05, 0.1) is 17.3 Å². The lowest BCUT2D eigenvalue weighted by molar-refractivity contribution is -0.122. The lowest BCUT2D eigenvalue weighted by atomic mass is 10.2. The number of ether oxygens (including phenoxy) is 1. The summed E-state index contributed by atoms with van der Waals surface area (Å²) in [6.45, 7) is 3.08. The zero-order valence-corrected chi connectivity index (χ0v) is 13.2. The number of benzene rings is 1. The number of amides is 2. The molecule has 0 bridgehead atoms. The van der Waals surface area contributed by atoms with Gasteiger partial charge in [-0.1, -0.05) is 6.07 Å². The van der Waals surface area contributed by atoms with Gasteiger partial charge in [0.25, 0.3) is 0 Å². The van der Waals surface area contributed by atoms with Crippen molar-refractivity contribution in [3.63, 3.8) is 0 Å². The monoisotopic (exact) mass is 315 g/mol. The number of carbonyl (C=O) groups excluding carboxylic acids is 2. The van der Waals surface area contributed by atoms with Crippen LogP contribution in [0.1, 0.15) is 19.8 Å². The Balaban J connectivity index is 1.67. The standard InChI is InChI=1S/C17H21N3O3/c1-12(21)19-15-5-2-6-16-14(15)7-8-20(16)11-17(22)18-10-13-4-3-9-23-13/h2,5-8,13H,3-4,9-11H2,1H3,(H,18,22)(H,19,21)/t13-/m0/s1. The molecule has 1 aromatic carbocycles. The van der Waals surface area contributed by atoms with Crippen LogP contribution in [0, 0.1) is 0 Å². The van der Waals surface area contributed by atoms with E-state index in [2.05, 4.69) is 10.6 Å². The topological polar surface area (TPSA) is 72.4 Å². The predicted molar refractivity (Wildman–Crippen MR) is 88.2 cm³/mol. The van der Waals surface area contributed by atoms with Crippen molar-refractivity contribution in [3.8, 4) is 0 Å². The average Bonchev–Trinajstić information content (AvgIpc) is 3.15. The molecule has 122 valence electrons. The Kier molecular flexibility index (Phi) is 4.62. The van der Waals surface area contributed by atoms with E-state index in [0.29, 0.717) is 6.54 Å². The molecule has 0 radical (unpaired) electrons. The number of fused-ring (bicyclic) bond motifs is 1. The highest BCUT2D eigenvalue weighted by molar-refractivity contribution is 6.01. The molecule has 0 saturated carbocycles. The van der Waals surface area contributed by atoms with E-state index < -0.39 is 0 Å². The highest BCUT2D eigenvalue weighted by Crippen LogP contribution is 2.24. The molecule has 2 aromatic rings. The average molecular weight is 315 g/mol. The summed E-state index contributed by atoms with van der Waals surface area (Å²) in [5, 5.41) is 6.65. The van der Waals surface area contributed by atoms with E-state index in [4.69, 9.17) is 4.74 Å². The largest absolute Gasteiger partial charge is 0.376 e. The number of carbonyl (C=O) groups is 2. The van der Waals surface area contributed by atoms with Crippen molar-refractivity contribution in [2.45, 2.75) is 32.4 Å². The molecule has 1 aromatic heterocycles. The molecule has 1 aliphatic heterocycles. The minimum absolute atomic E-state index is 0.0390. The van der Waals surface area contributed by atoms with E-state index in [9.17, 15) is 9.59 Å². The minimum atomic E-state index is -0.112. The second kappa shape index (κ2) is 6.83. The number of hydrogen-bond donors (Lipinski definition) is 2. The molecule has 2 N–H and O–H groups in total. The molecule has 3 rings (SSSR count). The Bertz CT molecular complexity index is 717. The maximum absolute atomic E-state index is 12.1. The maximum atomic E-state index is 12.1. The van der Waals surface area contributed by atoms with Crippen LogP contribution < -0.4 is 10.6 Å². The van der Waals surface area contributed by atoms with Crippen LogP contribution in [0.3, 0.4) is 0 Å². The van der Waals surface area contributed by atoms with Crippen molar-refractivity contribution in [1.29, 1.82) is 0 Å². The highest BCUT2D eigenvalue weighted by atomic mass is 16.5. The molecule has 1 atom stereocenters. The van der Waals surface area contributed by atoms with E-state index in [1.807, 2.05) is 35.0 Å². The third-order valence-corrected chi connectivity index (χ3v) is 3.99. The van der Waals surface area contributed by atoms with Crippen LogP contribution in [0.25, 0.3) is 10.9 Å². The van der Waals surface area contributed by atoms with Gasteiger partial charge < -0.3 is 19.9 Å². The van der Waals surface area contributed by atoms with Crippen molar-refractivity contribution in [3.05, 3.63) is 30.5 Å². The van der Waals surface area contributed by atoms with Gasteiger partial charge in [-0.25, -0.2) is 0 Å². The summed E-state index contributed by atoms with van der Waals surface area (Å²) < 4.78 is 7.38. The fraction of sp³-hybridized carbons (Fsp3) is 0.412. The van der Waals surface area contributed by atoms with Crippen LogP contribution in [-0.2, 0) is 20.9 Å². The summed E-state index contributed by atoms with van der Waals surface area (Å²) in [5.74, 6) is -0.150. The first-order chi connectivity index (χ1) is 11.1. The Labute approximate surface area is 134 Å². The molecule has 1 fully saturated rings. The van der Waals surface area contributed by atoms with E-state index >= 15 is 0 Å². The van der Waals surface area contributed by atoms with Gasteiger partial charge in [0.2, 0.25) is 11.8 Å². The molecule has 0 unspecified atom stereocenters. The van der Waals surface area contributed by atoms with Crippen LogP contribution >= 0.6 is 0 Å². The van der Waals surface area contributed by atoms with Gasteiger partial charge in [0.15, 0.2) is 0 Å². The van der Waals surface area contributed by atoms with Gasteiger partial charge >= 0.3 is 0 Å². The number of aromatic nitrogens is 1. The third-order valence-electron chi connectivity index (χ3n) is 3.99. The smallest absolute Gasteiger partial charge is 0.240 e. The summed E-state index contributed by atoms with van der Waals surface area (Å²) in [4.78, 5) is 23.4. The third kappa shape index (κ3) is 3.71. The van der Waals surface area contributed by atoms with Crippen LogP contribution in [0.4, 0.5) is 5.69 Å². The van der Waals surface area contributed by atoms with Gasteiger partial charge in [0.1, 0.15) is 6.54 Å². The van der Waals surface area contributed by atoms with Crippen LogP contribution in [0.2, 0.25) is 0 Å². The molecule has 6 nitrogen and oxygen atoms in total. The van der Waals surface area contributed by atoms with Crippen molar-refractivity contribution < 1.29 is 14.3 Å². The first kappa shape index (κ1) is 15.6. The molecule has 0 spiro atoms. The predicted octanol–water partition coefficient (Wildman–Crippen LogP) is 1.89. The molecule has 2 amide bonds. The first-order valence-electron chi connectivity index (χ1n) is 7.87. The molecule has 6 heteroatoms. The van der Waals surface area contributed by atoms with E-state index in [0.717, 1.165) is 36.0 Å². The molecule has 1 aliphatic rings. The minimum Gasteiger partial charge on any atom is -0.376 e. The number of nitrogens with one attached hydrogen (secondary N) is 2. The van der Waals surface area contributed by atoms with Crippen molar-refractivity contribution in [2.24, 2.45) is 0 Å². The number of anilines is 1. The Morgan fingerprint density at radius 1 is 1.35 bits per heavy atom. The number of hydrogen-bond acceptors (Lipinski definition) is 3. The molecule has 2 heterocycles. The van der Waals surface area contributed by atoms with E-state index in [-0.39, 0.29) is 24.5 Å². The van der Waals surface area contributed by atoms with Crippen LogP contribution in [0.15, 0.2) is 30.5 Å². The first-order valence-corrected chi connectivity index (χ1v) is 7.87. The molecule has 23 heavy (non-hydrogen) atoms. The molecule has 1 saturated heterocycles. The Morgan fingerprint density at radius 2 is 2.22 bits per heavy atom. The quantitative estimate of drug-likeness (QED) is 0.885. The zero-order valence-electron chi connectivity index (χ0n) is 13.2. The fourth-order valence-corrected chi connectivity index (χ4v) is 2.90. The van der Waals surface area contributed by atoms with Crippen molar-refractivity contribution >= 4 is 28.4 Å². The summed E-state index contributed by atoms with van der Waals surface area (Å²) in [7, 11) is 0. The number of rotatable bonds is 5. The summed E-state index contributed by atoms with van der Waals surface area (Å²) >= 11 is 0. The van der Waals surface area contributed by atoms with Crippen molar-refractivity contribution in [1.82, 2.24) is 9.88 Å². The summed E-state index contributed by atoms with van der Waals surface area (Å²) in [6, 6.07) is 7.57. The zero-order chi connectivity index (χ0) is 16.2. The van der Waals surface area contributed by atoms with E-state index in [1.165, 1.54) is 6.92 Å². The summed E-state index contributed by atoms with van der Waals surface area (Å²) in [5.41, 5.74) is 1.68. The van der Waals surface area contributed by atoms with Gasteiger partial charge in [-0.05, 0) is 31.0 Å². The van der Waals surface area contributed by atoms with E-state index in [1.54, 1.807) is 0 Å². The SMILES string of the molecule is CC(=O)Nc1cccc2c1ccn2CC(=O)NC[C@@H]1CCCO1. The van der Waals surface area contributed by atoms with Gasteiger partial charge in [-0.2, -0.15) is 0 Å². The maximum Gasteiger partial charge on any atom is 0.240 e. The van der Waals surface area contributed by atoms with Crippen LogP contribution in [-0.4, -0.2) is 35.6 Å². The fourth-order valence-electron chi connectivity index (χ4n) is 2.90. The highest BCUT2D eigenvalue weighted by Gasteiger charge is 2.16. The van der Waals surface area contributed by atoms with Gasteiger partial charge in [-0.15, -0.1) is 0 Å². The van der Waals surface area contributed by atoms with Crippen LogP contribution in [0.5, 0.6) is 0 Å². The van der Waals surface area contributed by atoms with Gasteiger partial charge in [0, 0.05) is 31.7 Å². The number of nitrogens with zero attached hydrogens (tertiary/aromatic N) is 1. The van der Waals surface area contributed by atoms with Gasteiger partial charge in [-0.3, -0.25) is 9.59 Å². The Hall–Kier alpha value is -2.34. The second-order valence-corrected chi connectivity index (χ2v) is 5.80. The second-order valence-electron chi connectivity index (χ2n) is 5.80. The normalized spacial score (nSPS) is 17.3. The Morgan fingerprint density at radius 3 is 2.96 bits per heavy atom.